The summed E-state index contributed by atoms with van der Waals surface area (Å²) in [7, 11) is 0. The average Bonchev–Trinajstić information content (AvgIpc) is 2.28. The second-order valence-electron chi connectivity index (χ2n) is 5.61. The van der Waals surface area contributed by atoms with E-state index in [0.29, 0.717) is 11.2 Å². The van der Waals surface area contributed by atoms with Crippen LogP contribution in [0.3, 0.4) is 0 Å². The van der Waals surface area contributed by atoms with E-state index < -0.39 is 0 Å². The number of rotatable bonds is 1. The molecule has 17 heavy (non-hydrogen) atoms. The summed E-state index contributed by atoms with van der Waals surface area (Å²) < 4.78 is 0. The standard InChI is InChI=1S/C14H21N3/c1-14(2,3)11-5-8-17(9-6-11)12-4-7-16-13(15)10-12/h4-5,7,10H,6,8-9H2,1-3H3,(H2,15,16). The van der Waals surface area contributed by atoms with Crippen LogP contribution >= 0.6 is 0 Å². The molecule has 0 saturated carbocycles. The van der Waals surface area contributed by atoms with Crippen molar-refractivity contribution in [2.45, 2.75) is 27.2 Å². The molecule has 0 saturated heterocycles. The van der Waals surface area contributed by atoms with E-state index in [1.165, 1.54) is 5.69 Å². The number of aromatic nitrogens is 1. The molecule has 2 heterocycles. The largest absolute Gasteiger partial charge is 0.384 e. The van der Waals surface area contributed by atoms with Gasteiger partial charge >= 0.3 is 0 Å². The fourth-order valence-corrected chi connectivity index (χ4v) is 2.22. The van der Waals surface area contributed by atoms with E-state index in [1.54, 1.807) is 11.8 Å². The first kappa shape index (κ1) is 12.0. The third kappa shape index (κ3) is 2.78. The zero-order chi connectivity index (χ0) is 12.5. The highest BCUT2D eigenvalue weighted by molar-refractivity contribution is 5.53. The number of hydrogen-bond acceptors (Lipinski definition) is 3. The van der Waals surface area contributed by atoms with Gasteiger partial charge in [0.15, 0.2) is 0 Å². The van der Waals surface area contributed by atoms with Crippen molar-refractivity contribution in [3.05, 3.63) is 30.0 Å². The zero-order valence-electron chi connectivity index (χ0n) is 10.9. The Morgan fingerprint density at radius 1 is 1.35 bits per heavy atom. The molecule has 3 nitrogen and oxygen atoms in total. The van der Waals surface area contributed by atoms with E-state index in [9.17, 15) is 0 Å². The van der Waals surface area contributed by atoms with Crippen molar-refractivity contribution < 1.29 is 0 Å². The summed E-state index contributed by atoms with van der Waals surface area (Å²) in [4.78, 5) is 6.37. The zero-order valence-corrected chi connectivity index (χ0v) is 10.9. The van der Waals surface area contributed by atoms with Crippen LogP contribution in [0.2, 0.25) is 0 Å². The highest BCUT2D eigenvalue weighted by atomic mass is 15.1. The molecule has 1 aliphatic heterocycles. The van der Waals surface area contributed by atoms with Crippen molar-refractivity contribution in [1.29, 1.82) is 0 Å². The average molecular weight is 231 g/mol. The maximum absolute atomic E-state index is 5.71. The molecule has 0 spiro atoms. The number of hydrogen-bond donors (Lipinski definition) is 1. The first-order chi connectivity index (χ1) is 7.97. The summed E-state index contributed by atoms with van der Waals surface area (Å²) in [5.41, 5.74) is 8.72. The second-order valence-corrected chi connectivity index (χ2v) is 5.61. The second kappa shape index (κ2) is 4.40. The van der Waals surface area contributed by atoms with Gasteiger partial charge in [-0.3, -0.25) is 0 Å². The quantitative estimate of drug-likeness (QED) is 0.756. The van der Waals surface area contributed by atoms with Crippen molar-refractivity contribution >= 4 is 11.5 Å². The summed E-state index contributed by atoms with van der Waals surface area (Å²) in [6.45, 7) is 8.86. The summed E-state index contributed by atoms with van der Waals surface area (Å²) in [6, 6.07) is 3.96. The summed E-state index contributed by atoms with van der Waals surface area (Å²) >= 11 is 0. The van der Waals surface area contributed by atoms with Crippen molar-refractivity contribution in [3.8, 4) is 0 Å². The van der Waals surface area contributed by atoms with Gasteiger partial charge in [0.1, 0.15) is 5.82 Å². The van der Waals surface area contributed by atoms with Crippen LogP contribution in [-0.2, 0) is 0 Å². The number of nitrogen functional groups attached to an aromatic ring is 1. The fourth-order valence-electron chi connectivity index (χ4n) is 2.22. The summed E-state index contributed by atoms with van der Waals surface area (Å²) in [6.07, 6.45) is 5.25. The Morgan fingerprint density at radius 3 is 2.65 bits per heavy atom. The maximum atomic E-state index is 5.71. The minimum atomic E-state index is 0.295. The van der Waals surface area contributed by atoms with E-state index in [-0.39, 0.29) is 0 Å². The molecule has 0 atom stereocenters. The van der Waals surface area contributed by atoms with Crippen LogP contribution in [0.15, 0.2) is 30.0 Å². The van der Waals surface area contributed by atoms with Gasteiger partial charge in [0.2, 0.25) is 0 Å². The molecular weight excluding hydrogens is 210 g/mol. The first-order valence-corrected chi connectivity index (χ1v) is 6.13. The molecule has 0 aliphatic carbocycles. The lowest BCUT2D eigenvalue weighted by Gasteiger charge is -2.33. The lowest BCUT2D eigenvalue weighted by atomic mass is 9.83. The Morgan fingerprint density at radius 2 is 2.12 bits per heavy atom. The Hall–Kier alpha value is -1.51. The minimum Gasteiger partial charge on any atom is -0.384 e. The first-order valence-electron chi connectivity index (χ1n) is 6.13. The maximum Gasteiger partial charge on any atom is 0.125 e. The highest BCUT2D eigenvalue weighted by Gasteiger charge is 2.21. The lowest BCUT2D eigenvalue weighted by molar-refractivity contribution is 0.472. The molecule has 0 unspecified atom stereocenters. The predicted molar refractivity (Wildman–Crippen MR) is 73.0 cm³/mol. The molecule has 0 amide bonds. The van der Waals surface area contributed by atoms with E-state index in [2.05, 4.69) is 36.7 Å². The normalized spacial score (nSPS) is 16.9. The molecular formula is C14H21N3. The Bertz CT molecular complexity index is 429. The molecule has 92 valence electrons. The molecule has 0 radical (unpaired) electrons. The molecule has 2 rings (SSSR count). The Kier molecular flexibility index (Phi) is 3.09. The van der Waals surface area contributed by atoms with Gasteiger partial charge in [-0.1, -0.05) is 32.4 Å². The summed E-state index contributed by atoms with van der Waals surface area (Å²) in [5.74, 6) is 0.591. The smallest absolute Gasteiger partial charge is 0.125 e. The molecule has 3 heteroatoms. The van der Waals surface area contributed by atoms with Gasteiger partial charge in [0.05, 0.1) is 0 Å². The van der Waals surface area contributed by atoms with Crippen molar-refractivity contribution in [2.24, 2.45) is 5.41 Å². The number of pyridine rings is 1. The van der Waals surface area contributed by atoms with Gasteiger partial charge in [-0.15, -0.1) is 0 Å². The van der Waals surface area contributed by atoms with Gasteiger partial charge in [0.25, 0.3) is 0 Å². The van der Waals surface area contributed by atoms with Crippen LogP contribution in [0.4, 0.5) is 11.5 Å². The number of nitrogens with zero attached hydrogens (tertiary/aromatic N) is 2. The fraction of sp³-hybridized carbons (Fsp3) is 0.500. The minimum absolute atomic E-state index is 0.295. The molecule has 1 aliphatic rings. The SMILES string of the molecule is CC(C)(C)C1=CCN(c2ccnc(N)c2)CC1. The monoisotopic (exact) mass is 231 g/mol. The third-order valence-corrected chi connectivity index (χ3v) is 3.30. The lowest BCUT2D eigenvalue weighted by Crippen LogP contribution is -2.31. The number of anilines is 2. The van der Waals surface area contributed by atoms with Gasteiger partial charge in [0, 0.05) is 31.0 Å². The van der Waals surface area contributed by atoms with Crippen LogP contribution in [0.25, 0.3) is 0 Å². The topological polar surface area (TPSA) is 42.2 Å². The third-order valence-electron chi connectivity index (χ3n) is 3.30. The van der Waals surface area contributed by atoms with Crippen LogP contribution < -0.4 is 10.6 Å². The van der Waals surface area contributed by atoms with Gasteiger partial charge in [-0.05, 0) is 17.9 Å². The van der Waals surface area contributed by atoms with E-state index in [4.69, 9.17) is 5.73 Å². The van der Waals surface area contributed by atoms with E-state index in [1.807, 2.05) is 12.1 Å². The van der Waals surface area contributed by atoms with Gasteiger partial charge < -0.3 is 10.6 Å². The molecule has 0 bridgehead atoms. The Labute approximate surface area is 103 Å². The van der Waals surface area contributed by atoms with Crippen molar-refractivity contribution in [1.82, 2.24) is 4.98 Å². The van der Waals surface area contributed by atoms with Gasteiger partial charge in [-0.25, -0.2) is 4.98 Å². The molecule has 1 aromatic rings. The molecule has 0 fully saturated rings. The highest BCUT2D eigenvalue weighted by Crippen LogP contribution is 2.31. The van der Waals surface area contributed by atoms with E-state index >= 15 is 0 Å². The van der Waals surface area contributed by atoms with Gasteiger partial charge in [-0.2, -0.15) is 0 Å². The van der Waals surface area contributed by atoms with Crippen molar-refractivity contribution in [2.75, 3.05) is 23.7 Å². The van der Waals surface area contributed by atoms with E-state index in [0.717, 1.165) is 19.5 Å². The molecule has 2 N–H and O–H groups in total. The van der Waals surface area contributed by atoms with Crippen LogP contribution in [0, 0.1) is 5.41 Å². The van der Waals surface area contributed by atoms with Crippen LogP contribution in [0.5, 0.6) is 0 Å². The summed E-state index contributed by atoms with van der Waals surface area (Å²) in [5, 5.41) is 0. The van der Waals surface area contributed by atoms with Crippen LogP contribution in [-0.4, -0.2) is 18.1 Å². The predicted octanol–water partition coefficient (Wildman–Crippen LogP) is 2.85. The van der Waals surface area contributed by atoms with Crippen LogP contribution in [0.1, 0.15) is 27.2 Å². The Balaban J connectivity index is 2.12. The molecule has 0 aromatic carbocycles. The van der Waals surface area contributed by atoms with Crippen molar-refractivity contribution in [3.63, 3.8) is 0 Å². The molecule has 1 aromatic heterocycles. The number of nitrogens with two attached hydrogens (primary N) is 1.